The van der Waals surface area contributed by atoms with Crippen molar-refractivity contribution in [3.8, 4) is 0 Å². The second-order valence-electron chi connectivity index (χ2n) is 5.86. The zero-order valence-corrected chi connectivity index (χ0v) is 13.0. The van der Waals surface area contributed by atoms with Crippen LogP contribution in [-0.4, -0.2) is 19.1 Å². The largest absolute Gasteiger partial charge is 0.545 e. The molecule has 0 saturated heterocycles. The number of carboxylic acids is 1. The molecule has 0 aromatic rings. The molecule has 1 aliphatic heterocycles. The number of quaternary nitrogens is 1. The molecule has 3 nitrogen and oxygen atoms in total. The van der Waals surface area contributed by atoms with Crippen LogP contribution in [0.5, 0.6) is 0 Å². The van der Waals surface area contributed by atoms with Gasteiger partial charge in [0.1, 0.15) is 12.2 Å². The van der Waals surface area contributed by atoms with E-state index in [9.17, 15) is 9.90 Å². The van der Waals surface area contributed by atoms with Gasteiger partial charge in [0, 0.05) is 6.42 Å². The fourth-order valence-corrected chi connectivity index (χ4v) is 2.72. The molecule has 0 fully saturated rings. The molecule has 1 aliphatic rings. The third-order valence-corrected chi connectivity index (χ3v) is 4.08. The topological polar surface area (TPSA) is 44.6 Å². The average Bonchev–Trinajstić information content (AvgIpc) is 2.43. The van der Waals surface area contributed by atoms with E-state index in [1.165, 1.54) is 51.4 Å². The molecule has 2 unspecified atom stereocenters. The second kappa shape index (κ2) is 9.76. The number of likely N-dealkylation sites (N-methyl/N-ethyl adjacent to an activating group) is 1. The van der Waals surface area contributed by atoms with Crippen LogP contribution < -0.4 is 10.0 Å². The third kappa shape index (κ3) is 6.38. The number of carboxylic acid groups (broad SMARTS) is 1. The van der Waals surface area contributed by atoms with Gasteiger partial charge in [-0.15, -0.1) is 0 Å². The van der Waals surface area contributed by atoms with Crippen molar-refractivity contribution in [1.82, 2.24) is 0 Å². The van der Waals surface area contributed by atoms with Gasteiger partial charge in [0.25, 0.3) is 0 Å². The standard InChI is InChI=1S/C17H29NO2/c1-3-4-5-6-7-8-9-10-11-16-13-12-15(17(19)20)14-18(16)2/h12-14,16H,3-11H2,1-2H3,(H,19,20). The number of carbonyl (C=O) groups excluding carboxylic acids is 1. The molecule has 0 aliphatic carbocycles. The Morgan fingerprint density at radius 1 is 1.15 bits per heavy atom. The molecule has 1 rings (SSSR count). The number of hydrogen-bond donors (Lipinski definition) is 1. The van der Waals surface area contributed by atoms with Crippen LogP contribution in [0.1, 0.15) is 64.7 Å². The summed E-state index contributed by atoms with van der Waals surface area (Å²) in [5.74, 6) is -1.08. The first-order chi connectivity index (χ1) is 9.65. The highest BCUT2D eigenvalue weighted by atomic mass is 16.4. The summed E-state index contributed by atoms with van der Waals surface area (Å²) in [6, 6.07) is 0.415. The Labute approximate surface area is 123 Å². The third-order valence-electron chi connectivity index (χ3n) is 4.08. The lowest BCUT2D eigenvalue weighted by Crippen LogP contribution is -3.08. The number of aliphatic carboxylic acids is 1. The first-order valence-electron chi connectivity index (χ1n) is 8.09. The monoisotopic (exact) mass is 279 g/mol. The van der Waals surface area contributed by atoms with Gasteiger partial charge in [-0.25, -0.2) is 0 Å². The molecule has 0 aromatic carbocycles. The van der Waals surface area contributed by atoms with Crippen molar-refractivity contribution < 1.29 is 14.8 Å². The van der Waals surface area contributed by atoms with Crippen molar-refractivity contribution in [2.24, 2.45) is 0 Å². The van der Waals surface area contributed by atoms with Crippen molar-refractivity contribution in [2.45, 2.75) is 70.8 Å². The summed E-state index contributed by atoms with van der Waals surface area (Å²) in [4.78, 5) is 11.9. The summed E-state index contributed by atoms with van der Waals surface area (Å²) in [7, 11) is 2.02. The van der Waals surface area contributed by atoms with Gasteiger partial charge < -0.3 is 14.8 Å². The Hall–Kier alpha value is -1.09. The first-order valence-corrected chi connectivity index (χ1v) is 8.09. The first kappa shape index (κ1) is 17.0. The Kier molecular flexibility index (Phi) is 8.28. The Balaban J connectivity index is 2.09. The van der Waals surface area contributed by atoms with Crippen LogP contribution in [-0.2, 0) is 4.79 Å². The normalized spacial score (nSPS) is 21.8. The second-order valence-corrected chi connectivity index (χ2v) is 5.86. The number of hydrogen-bond acceptors (Lipinski definition) is 2. The molecule has 0 amide bonds. The van der Waals surface area contributed by atoms with Crippen LogP contribution in [0.2, 0.25) is 0 Å². The molecule has 0 aromatic heterocycles. The van der Waals surface area contributed by atoms with E-state index in [0.717, 1.165) is 11.3 Å². The van der Waals surface area contributed by atoms with E-state index in [1.54, 1.807) is 12.3 Å². The lowest BCUT2D eigenvalue weighted by Gasteiger charge is -2.23. The molecule has 114 valence electrons. The van der Waals surface area contributed by atoms with Crippen LogP contribution >= 0.6 is 0 Å². The molecular formula is C17H29NO2. The van der Waals surface area contributed by atoms with Crippen molar-refractivity contribution in [3.05, 3.63) is 23.9 Å². The number of rotatable bonds is 10. The molecule has 20 heavy (non-hydrogen) atoms. The van der Waals surface area contributed by atoms with Crippen molar-refractivity contribution in [2.75, 3.05) is 7.05 Å². The predicted octanol–water partition coefficient (Wildman–Crippen LogP) is 1.60. The Morgan fingerprint density at radius 3 is 2.30 bits per heavy atom. The SMILES string of the molecule is CCCCCCCCCCC1C=CC(C(=O)[O-])=C[NH+]1C. The highest BCUT2D eigenvalue weighted by Crippen LogP contribution is 2.11. The Morgan fingerprint density at radius 2 is 1.75 bits per heavy atom. The Bertz CT molecular complexity index is 347. The molecule has 0 radical (unpaired) electrons. The van der Waals surface area contributed by atoms with Gasteiger partial charge in [0.05, 0.1) is 18.6 Å². The van der Waals surface area contributed by atoms with Gasteiger partial charge >= 0.3 is 0 Å². The lowest BCUT2D eigenvalue weighted by atomic mass is 10.0. The van der Waals surface area contributed by atoms with Gasteiger partial charge in [-0.3, -0.25) is 0 Å². The van der Waals surface area contributed by atoms with E-state index in [-0.39, 0.29) is 0 Å². The minimum Gasteiger partial charge on any atom is -0.545 e. The molecular weight excluding hydrogens is 250 g/mol. The summed E-state index contributed by atoms with van der Waals surface area (Å²) in [5, 5.41) is 10.8. The lowest BCUT2D eigenvalue weighted by molar-refractivity contribution is -0.847. The summed E-state index contributed by atoms with van der Waals surface area (Å²) in [5.41, 5.74) is 0.301. The van der Waals surface area contributed by atoms with Crippen molar-refractivity contribution in [3.63, 3.8) is 0 Å². The molecule has 0 saturated carbocycles. The molecule has 0 bridgehead atoms. The minimum absolute atomic E-state index is 0.301. The molecule has 1 heterocycles. The highest BCUT2D eigenvalue weighted by Gasteiger charge is 2.18. The maximum atomic E-state index is 10.8. The molecule has 3 heteroatoms. The van der Waals surface area contributed by atoms with E-state index in [0.29, 0.717) is 11.6 Å². The van der Waals surface area contributed by atoms with Crippen molar-refractivity contribution >= 4 is 5.97 Å². The number of carbonyl (C=O) groups is 1. The van der Waals surface area contributed by atoms with E-state index in [1.807, 2.05) is 13.1 Å². The zero-order chi connectivity index (χ0) is 14.8. The zero-order valence-electron chi connectivity index (χ0n) is 13.0. The maximum absolute atomic E-state index is 10.8. The van der Waals surface area contributed by atoms with Gasteiger partial charge in [-0.05, 0) is 18.6 Å². The maximum Gasteiger partial charge on any atom is 0.110 e. The smallest absolute Gasteiger partial charge is 0.110 e. The van der Waals surface area contributed by atoms with Crippen molar-refractivity contribution in [1.29, 1.82) is 0 Å². The van der Waals surface area contributed by atoms with Crippen LogP contribution in [0.4, 0.5) is 0 Å². The molecule has 0 spiro atoms. The summed E-state index contributed by atoms with van der Waals surface area (Å²) in [6.07, 6.45) is 17.2. The summed E-state index contributed by atoms with van der Waals surface area (Å²) >= 11 is 0. The van der Waals surface area contributed by atoms with E-state index in [4.69, 9.17) is 0 Å². The summed E-state index contributed by atoms with van der Waals surface area (Å²) < 4.78 is 0. The van der Waals surface area contributed by atoms with Gasteiger partial charge in [-0.1, -0.05) is 51.9 Å². The van der Waals surface area contributed by atoms with Crippen LogP contribution in [0.15, 0.2) is 23.9 Å². The summed E-state index contributed by atoms with van der Waals surface area (Å²) in [6.45, 7) is 2.25. The van der Waals surface area contributed by atoms with E-state index in [2.05, 4.69) is 6.92 Å². The van der Waals surface area contributed by atoms with Crippen LogP contribution in [0, 0.1) is 0 Å². The predicted molar refractivity (Wildman–Crippen MR) is 80.1 cm³/mol. The number of nitrogens with one attached hydrogen (secondary N) is 1. The quantitative estimate of drug-likeness (QED) is 0.617. The fraction of sp³-hybridized carbons (Fsp3) is 0.706. The fourth-order valence-electron chi connectivity index (χ4n) is 2.72. The molecule has 2 atom stereocenters. The van der Waals surface area contributed by atoms with Gasteiger partial charge in [-0.2, -0.15) is 0 Å². The van der Waals surface area contributed by atoms with E-state index < -0.39 is 5.97 Å². The van der Waals surface area contributed by atoms with Gasteiger partial charge in [0.2, 0.25) is 0 Å². The van der Waals surface area contributed by atoms with Gasteiger partial charge in [0.15, 0.2) is 0 Å². The van der Waals surface area contributed by atoms with E-state index >= 15 is 0 Å². The average molecular weight is 279 g/mol. The number of unbranched alkanes of at least 4 members (excludes halogenated alkanes) is 7. The minimum atomic E-state index is -1.08. The highest BCUT2D eigenvalue weighted by molar-refractivity contribution is 5.87. The van der Waals surface area contributed by atoms with Crippen LogP contribution in [0.3, 0.4) is 0 Å². The van der Waals surface area contributed by atoms with Crippen LogP contribution in [0.25, 0.3) is 0 Å². The molecule has 1 N–H and O–H groups in total.